The molecular weight excluding hydrogens is 364 g/mol. The van der Waals surface area contributed by atoms with Crippen LogP contribution < -0.4 is 5.32 Å². The molecule has 0 atom stereocenters. The van der Waals surface area contributed by atoms with Crippen LogP contribution in [-0.4, -0.2) is 25.2 Å². The number of benzene rings is 2. The minimum absolute atomic E-state index is 0.00302. The fourth-order valence-corrected chi connectivity index (χ4v) is 3.98. The van der Waals surface area contributed by atoms with Gasteiger partial charge in [0.05, 0.1) is 27.8 Å². The topological polar surface area (TPSA) is 107 Å². The first-order valence-corrected chi connectivity index (χ1v) is 10.4. The maximum Gasteiger partial charge on any atom is 0.259 e. The second-order valence-electron chi connectivity index (χ2n) is 6.21. The van der Waals surface area contributed by atoms with Crippen LogP contribution >= 0.6 is 0 Å². The van der Waals surface area contributed by atoms with Crippen molar-refractivity contribution in [3.8, 4) is 11.8 Å². The molecule has 0 saturated heterocycles. The van der Waals surface area contributed by atoms with E-state index in [0.717, 1.165) is 19.3 Å². The van der Waals surface area contributed by atoms with Gasteiger partial charge in [-0.3, -0.25) is 4.79 Å². The molecule has 0 radical (unpaired) electrons. The summed E-state index contributed by atoms with van der Waals surface area (Å²) in [6.45, 7) is 2.05. The summed E-state index contributed by atoms with van der Waals surface area (Å²) in [6.07, 6.45) is 3.37. The highest BCUT2D eigenvalue weighted by Gasteiger charge is 2.19. The third-order valence-electron chi connectivity index (χ3n) is 4.09. The van der Waals surface area contributed by atoms with Crippen LogP contribution in [0.3, 0.4) is 0 Å². The minimum Gasteiger partial charge on any atom is -0.507 e. The summed E-state index contributed by atoms with van der Waals surface area (Å²) in [5.41, 5.74) is 0.624. The molecule has 6 nitrogen and oxygen atoms in total. The predicted molar refractivity (Wildman–Crippen MR) is 103 cm³/mol. The summed E-state index contributed by atoms with van der Waals surface area (Å²) in [5, 5.41) is 21.5. The van der Waals surface area contributed by atoms with E-state index in [-0.39, 0.29) is 22.0 Å². The van der Waals surface area contributed by atoms with Crippen molar-refractivity contribution in [3.63, 3.8) is 0 Å². The van der Waals surface area contributed by atoms with Crippen LogP contribution in [0.25, 0.3) is 0 Å². The molecule has 0 fully saturated rings. The standard InChI is InChI=1S/C20H22N2O4S/c1-2-3-4-5-11-27(25,26)17-9-10-19(23)18(13-17)20(24)22-16-8-6-7-15(12-16)14-21/h6-10,12-13,23H,2-5,11H2,1H3,(H,22,24). The molecule has 0 saturated carbocycles. The number of nitriles is 1. The maximum absolute atomic E-state index is 12.5. The molecule has 0 aliphatic heterocycles. The summed E-state index contributed by atoms with van der Waals surface area (Å²) in [6, 6.07) is 12.0. The van der Waals surface area contributed by atoms with Crippen molar-refractivity contribution in [3.05, 3.63) is 53.6 Å². The highest BCUT2D eigenvalue weighted by atomic mass is 32.2. The Morgan fingerprint density at radius 2 is 1.93 bits per heavy atom. The van der Waals surface area contributed by atoms with Gasteiger partial charge in [-0.05, 0) is 42.8 Å². The molecule has 7 heteroatoms. The molecule has 2 aromatic carbocycles. The van der Waals surface area contributed by atoms with Crippen LogP contribution in [0.2, 0.25) is 0 Å². The monoisotopic (exact) mass is 386 g/mol. The van der Waals surface area contributed by atoms with Crippen molar-refractivity contribution >= 4 is 21.4 Å². The van der Waals surface area contributed by atoms with E-state index in [9.17, 15) is 18.3 Å². The molecule has 0 unspecified atom stereocenters. The van der Waals surface area contributed by atoms with E-state index in [1.165, 1.54) is 24.3 Å². The van der Waals surface area contributed by atoms with E-state index < -0.39 is 15.7 Å². The van der Waals surface area contributed by atoms with Crippen LogP contribution in [0.1, 0.15) is 48.5 Å². The number of amides is 1. The first-order chi connectivity index (χ1) is 12.9. The smallest absolute Gasteiger partial charge is 0.259 e. The zero-order chi connectivity index (χ0) is 19.9. The number of aromatic hydroxyl groups is 1. The molecule has 2 N–H and O–H groups in total. The highest BCUT2D eigenvalue weighted by molar-refractivity contribution is 7.91. The molecule has 0 spiro atoms. The van der Waals surface area contributed by atoms with E-state index in [4.69, 9.17) is 5.26 Å². The first-order valence-electron chi connectivity index (χ1n) is 8.74. The summed E-state index contributed by atoms with van der Waals surface area (Å²) in [7, 11) is -3.53. The van der Waals surface area contributed by atoms with Gasteiger partial charge in [-0.25, -0.2) is 8.42 Å². The van der Waals surface area contributed by atoms with Gasteiger partial charge >= 0.3 is 0 Å². The number of sulfone groups is 1. The van der Waals surface area contributed by atoms with Crippen molar-refractivity contribution in [1.29, 1.82) is 5.26 Å². The molecule has 0 heterocycles. The molecule has 0 aromatic heterocycles. The number of hydrogen-bond donors (Lipinski definition) is 2. The molecule has 0 aliphatic rings. The van der Waals surface area contributed by atoms with Gasteiger partial charge in [0.25, 0.3) is 5.91 Å². The Kier molecular flexibility index (Phi) is 6.97. The summed E-state index contributed by atoms with van der Waals surface area (Å²) in [5.74, 6) is -0.956. The molecule has 0 aliphatic carbocycles. The number of phenols is 1. The van der Waals surface area contributed by atoms with Gasteiger partial charge in [-0.15, -0.1) is 0 Å². The lowest BCUT2D eigenvalue weighted by Gasteiger charge is -2.10. The van der Waals surface area contributed by atoms with Crippen molar-refractivity contribution in [2.45, 2.75) is 37.5 Å². The Hall–Kier alpha value is -2.85. The highest BCUT2D eigenvalue weighted by Crippen LogP contribution is 2.24. The zero-order valence-corrected chi connectivity index (χ0v) is 15.9. The van der Waals surface area contributed by atoms with Gasteiger partial charge in [0.2, 0.25) is 0 Å². The zero-order valence-electron chi connectivity index (χ0n) is 15.1. The van der Waals surface area contributed by atoms with Gasteiger partial charge in [-0.1, -0.05) is 32.3 Å². The van der Waals surface area contributed by atoms with E-state index in [2.05, 4.69) is 5.32 Å². The summed E-state index contributed by atoms with van der Waals surface area (Å²) in [4.78, 5) is 12.5. The van der Waals surface area contributed by atoms with E-state index >= 15 is 0 Å². The Morgan fingerprint density at radius 1 is 1.15 bits per heavy atom. The average Bonchev–Trinajstić information content (AvgIpc) is 2.65. The normalized spacial score (nSPS) is 11.0. The van der Waals surface area contributed by atoms with Gasteiger partial charge in [0.1, 0.15) is 5.75 Å². The van der Waals surface area contributed by atoms with Gasteiger partial charge < -0.3 is 10.4 Å². The number of phenolic OH excluding ortho intramolecular Hbond substituents is 1. The minimum atomic E-state index is -3.53. The average molecular weight is 386 g/mol. The number of rotatable bonds is 8. The van der Waals surface area contributed by atoms with E-state index in [1.54, 1.807) is 18.2 Å². The Labute approximate surface area is 159 Å². The number of hydrogen-bond acceptors (Lipinski definition) is 5. The van der Waals surface area contributed by atoms with Crippen LogP contribution in [0.15, 0.2) is 47.4 Å². The van der Waals surface area contributed by atoms with Gasteiger partial charge in [-0.2, -0.15) is 5.26 Å². The van der Waals surface area contributed by atoms with Crippen molar-refractivity contribution in [2.24, 2.45) is 0 Å². The second kappa shape index (κ2) is 9.19. The first kappa shape index (κ1) is 20.5. The summed E-state index contributed by atoms with van der Waals surface area (Å²) >= 11 is 0. The Balaban J connectivity index is 2.21. The molecule has 0 bridgehead atoms. The number of nitrogens with zero attached hydrogens (tertiary/aromatic N) is 1. The van der Waals surface area contributed by atoms with Crippen LogP contribution in [0.4, 0.5) is 5.69 Å². The lowest BCUT2D eigenvalue weighted by Crippen LogP contribution is -2.14. The number of nitrogens with one attached hydrogen (secondary N) is 1. The second-order valence-corrected chi connectivity index (χ2v) is 8.31. The summed E-state index contributed by atoms with van der Waals surface area (Å²) < 4.78 is 24.9. The Morgan fingerprint density at radius 3 is 2.63 bits per heavy atom. The predicted octanol–water partition coefficient (Wildman–Crippen LogP) is 3.87. The van der Waals surface area contributed by atoms with E-state index in [0.29, 0.717) is 17.7 Å². The molecule has 27 heavy (non-hydrogen) atoms. The lowest BCUT2D eigenvalue weighted by atomic mass is 10.1. The van der Waals surface area contributed by atoms with Crippen molar-refractivity contribution in [1.82, 2.24) is 0 Å². The SMILES string of the molecule is CCCCCCS(=O)(=O)c1ccc(O)c(C(=O)Nc2cccc(C#N)c2)c1. The molecular formula is C20H22N2O4S. The number of anilines is 1. The largest absolute Gasteiger partial charge is 0.507 e. The third kappa shape index (κ3) is 5.56. The van der Waals surface area contributed by atoms with Gasteiger partial charge in [0.15, 0.2) is 9.84 Å². The van der Waals surface area contributed by atoms with Gasteiger partial charge in [0, 0.05) is 5.69 Å². The number of carbonyl (C=O) groups is 1. The molecule has 2 rings (SSSR count). The number of unbranched alkanes of at least 4 members (excludes halogenated alkanes) is 3. The van der Waals surface area contributed by atoms with Crippen LogP contribution in [0.5, 0.6) is 5.75 Å². The van der Waals surface area contributed by atoms with Crippen LogP contribution in [-0.2, 0) is 9.84 Å². The van der Waals surface area contributed by atoms with E-state index in [1.807, 2.05) is 13.0 Å². The van der Waals surface area contributed by atoms with Crippen LogP contribution in [0, 0.1) is 11.3 Å². The Bertz CT molecular complexity index is 962. The lowest BCUT2D eigenvalue weighted by molar-refractivity contribution is 0.102. The fraction of sp³-hybridized carbons (Fsp3) is 0.300. The molecule has 2 aromatic rings. The third-order valence-corrected chi connectivity index (χ3v) is 5.89. The number of carbonyl (C=O) groups excluding carboxylic acids is 1. The van der Waals surface area contributed by atoms with Crippen molar-refractivity contribution in [2.75, 3.05) is 11.1 Å². The molecule has 142 valence electrons. The fourth-order valence-electron chi connectivity index (χ4n) is 2.59. The molecule has 1 amide bonds. The van der Waals surface area contributed by atoms with Crippen molar-refractivity contribution < 1.29 is 18.3 Å². The quantitative estimate of drug-likeness (QED) is 0.670. The maximum atomic E-state index is 12.5.